The van der Waals surface area contributed by atoms with Crippen LogP contribution in [-0.4, -0.2) is 14.3 Å². The van der Waals surface area contributed by atoms with Crippen molar-refractivity contribution in [2.75, 3.05) is 0 Å². The summed E-state index contributed by atoms with van der Waals surface area (Å²) in [5.41, 5.74) is 1.01. The minimum atomic E-state index is -3.99. The first-order valence-electron chi connectivity index (χ1n) is 6.12. The number of amides is 1. The molecule has 0 aliphatic heterocycles. The molecule has 0 aliphatic carbocycles. The average Bonchev–Trinajstić information content (AvgIpc) is 2.45. The summed E-state index contributed by atoms with van der Waals surface area (Å²) in [6, 6.07) is 10.9. The fourth-order valence-corrected chi connectivity index (χ4v) is 2.95. The van der Waals surface area contributed by atoms with Gasteiger partial charge in [0.1, 0.15) is 4.90 Å². The molecule has 0 heterocycles. The standard InChI is InChI=1S/C14H12Cl2N2O3S/c15-11-4-1-9(2-5-11)8-18-14(19)10-3-6-12(16)13(7-10)22(17,20)21/h1-7H,8H2,(H,18,19)(H2,17,20,21). The summed E-state index contributed by atoms with van der Waals surface area (Å²) in [5, 5.41) is 8.29. The number of carbonyl (C=O) groups is 1. The number of hydrogen-bond donors (Lipinski definition) is 2. The smallest absolute Gasteiger partial charge is 0.251 e. The van der Waals surface area contributed by atoms with E-state index in [0.717, 1.165) is 11.6 Å². The first-order valence-corrected chi connectivity index (χ1v) is 8.42. The van der Waals surface area contributed by atoms with Gasteiger partial charge in [-0.2, -0.15) is 0 Å². The van der Waals surface area contributed by atoms with Gasteiger partial charge in [-0.1, -0.05) is 35.3 Å². The molecule has 0 radical (unpaired) electrons. The largest absolute Gasteiger partial charge is 0.348 e. The first-order chi connectivity index (χ1) is 10.3. The maximum absolute atomic E-state index is 12.1. The molecule has 2 rings (SSSR count). The number of carbonyl (C=O) groups excluding carboxylic acids is 1. The lowest BCUT2D eigenvalue weighted by molar-refractivity contribution is 0.0950. The van der Waals surface area contributed by atoms with E-state index < -0.39 is 15.9 Å². The molecular weight excluding hydrogens is 347 g/mol. The Morgan fingerprint density at radius 2 is 1.73 bits per heavy atom. The summed E-state index contributed by atoms with van der Waals surface area (Å²) in [5.74, 6) is -0.434. The van der Waals surface area contributed by atoms with Gasteiger partial charge in [0.25, 0.3) is 5.91 Å². The highest BCUT2D eigenvalue weighted by atomic mass is 35.5. The molecule has 0 unspecified atom stereocenters. The van der Waals surface area contributed by atoms with Crippen LogP contribution in [0.5, 0.6) is 0 Å². The van der Waals surface area contributed by atoms with Crippen molar-refractivity contribution in [1.29, 1.82) is 0 Å². The third-order valence-corrected chi connectivity index (χ3v) is 4.51. The second-order valence-corrected chi connectivity index (χ2v) is 6.87. The Bertz CT molecular complexity index is 805. The molecule has 3 N–H and O–H groups in total. The molecule has 0 fully saturated rings. The Labute approximate surface area is 138 Å². The quantitative estimate of drug-likeness (QED) is 0.879. The lowest BCUT2D eigenvalue weighted by atomic mass is 10.2. The monoisotopic (exact) mass is 358 g/mol. The summed E-state index contributed by atoms with van der Waals surface area (Å²) in [6.07, 6.45) is 0. The maximum Gasteiger partial charge on any atom is 0.251 e. The van der Waals surface area contributed by atoms with Crippen LogP contribution in [0.2, 0.25) is 10.0 Å². The molecule has 2 aromatic carbocycles. The van der Waals surface area contributed by atoms with Crippen molar-refractivity contribution in [3.63, 3.8) is 0 Å². The molecule has 8 heteroatoms. The van der Waals surface area contributed by atoms with E-state index >= 15 is 0 Å². The lowest BCUT2D eigenvalue weighted by Gasteiger charge is -2.08. The molecule has 116 valence electrons. The lowest BCUT2D eigenvalue weighted by Crippen LogP contribution is -2.23. The van der Waals surface area contributed by atoms with E-state index in [-0.39, 0.29) is 22.0 Å². The Hall–Kier alpha value is -1.60. The molecule has 0 aromatic heterocycles. The maximum atomic E-state index is 12.1. The van der Waals surface area contributed by atoms with Crippen molar-refractivity contribution >= 4 is 39.1 Å². The van der Waals surface area contributed by atoms with E-state index in [2.05, 4.69) is 5.32 Å². The van der Waals surface area contributed by atoms with Gasteiger partial charge in [-0.25, -0.2) is 13.6 Å². The van der Waals surface area contributed by atoms with Crippen molar-refractivity contribution < 1.29 is 13.2 Å². The minimum Gasteiger partial charge on any atom is -0.348 e. The van der Waals surface area contributed by atoms with Crippen LogP contribution in [0.15, 0.2) is 47.4 Å². The second kappa shape index (κ2) is 6.66. The molecular formula is C14H12Cl2N2O3S. The fraction of sp³-hybridized carbons (Fsp3) is 0.0714. The topological polar surface area (TPSA) is 89.3 Å². The summed E-state index contributed by atoms with van der Waals surface area (Å²) >= 11 is 11.5. The zero-order valence-corrected chi connectivity index (χ0v) is 13.5. The summed E-state index contributed by atoms with van der Waals surface area (Å²) < 4.78 is 22.8. The average molecular weight is 359 g/mol. The number of sulfonamides is 1. The van der Waals surface area contributed by atoms with E-state index in [0.29, 0.717) is 5.02 Å². The van der Waals surface area contributed by atoms with Gasteiger partial charge in [0.2, 0.25) is 10.0 Å². The summed E-state index contributed by atoms with van der Waals surface area (Å²) in [6.45, 7) is 0.281. The fourth-order valence-electron chi connectivity index (χ4n) is 1.75. The van der Waals surface area contributed by atoms with Gasteiger partial charge in [0.15, 0.2) is 0 Å². The third-order valence-electron chi connectivity index (χ3n) is 2.87. The zero-order chi connectivity index (χ0) is 16.3. The number of rotatable bonds is 4. The van der Waals surface area contributed by atoms with Crippen molar-refractivity contribution in [2.24, 2.45) is 5.14 Å². The van der Waals surface area contributed by atoms with Gasteiger partial charge in [0, 0.05) is 17.1 Å². The molecule has 5 nitrogen and oxygen atoms in total. The van der Waals surface area contributed by atoms with Crippen LogP contribution in [0.25, 0.3) is 0 Å². The van der Waals surface area contributed by atoms with Crippen LogP contribution >= 0.6 is 23.2 Å². The Morgan fingerprint density at radius 1 is 1.09 bits per heavy atom. The van der Waals surface area contributed by atoms with E-state index in [1.54, 1.807) is 24.3 Å². The van der Waals surface area contributed by atoms with Gasteiger partial charge in [-0.3, -0.25) is 4.79 Å². The van der Waals surface area contributed by atoms with Gasteiger partial charge in [-0.15, -0.1) is 0 Å². The highest BCUT2D eigenvalue weighted by Gasteiger charge is 2.16. The van der Waals surface area contributed by atoms with E-state index in [1.165, 1.54) is 12.1 Å². The highest BCUT2D eigenvalue weighted by molar-refractivity contribution is 7.89. The van der Waals surface area contributed by atoms with E-state index in [9.17, 15) is 13.2 Å². The van der Waals surface area contributed by atoms with Gasteiger partial charge in [0.05, 0.1) is 5.02 Å². The number of nitrogens with one attached hydrogen (secondary N) is 1. The third kappa shape index (κ3) is 4.20. The van der Waals surface area contributed by atoms with E-state index in [4.69, 9.17) is 28.3 Å². The van der Waals surface area contributed by atoms with Crippen LogP contribution in [0.4, 0.5) is 0 Å². The predicted octanol–water partition coefficient (Wildman–Crippen LogP) is 2.57. The van der Waals surface area contributed by atoms with Crippen molar-refractivity contribution in [3.8, 4) is 0 Å². The molecule has 0 saturated carbocycles. The van der Waals surface area contributed by atoms with Crippen LogP contribution in [0.1, 0.15) is 15.9 Å². The molecule has 0 saturated heterocycles. The molecule has 0 aliphatic rings. The molecule has 0 spiro atoms. The zero-order valence-electron chi connectivity index (χ0n) is 11.2. The Balaban J connectivity index is 2.15. The number of primary sulfonamides is 1. The molecule has 0 bridgehead atoms. The number of benzene rings is 2. The molecule has 0 atom stereocenters. The summed E-state index contributed by atoms with van der Waals surface area (Å²) in [7, 11) is -3.99. The molecule has 1 amide bonds. The van der Waals surface area contributed by atoms with Crippen molar-refractivity contribution in [1.82, 2.24) is 5.32 Å². The van der Waals surface area contributed by atoms with Gasteiger partial charge < -0.3 is 5.32 Å². The van der Waals surface area contributed by atoms with Crippen LogP contribution in [0.3, 0.4) is 0 Å². The number of nitrogens with two attached hydrogens (primary N) is 1. The molecule has 22 heavy (non-hydrogen) atoms. The Morgan fingerprint density at radius 3 is 2.32 bits per heavy atom. The van der Waals surface area contributed by atoms with Gasteiger partial charge in [-0.05, 0) is 35.9 Å². The van der Waals surface area contributed by atoms with Crippen LogP contribution in [0, 0.1) is 0 Å². The minimum absolute atomic E-state index is 0.0308. The second-order valence-electron chi connectivity index (χ2n) is 4.50. The summed E-state index contributed by atoms with van der Waals surface area (Å²) in [4.78, 5) is 11.8. The highest BCUT2D eigenvalue weighted by Crippen LogP contribution is 2.21. The number of halogens is 2. The normalized spacial score (nSPS) is 11.2. The van der Waals surface area contributed by atoms with Gasteiger partial charge >= 0.3 is 0 Å². The SMILES string of the molecule is NS(=O)(=O)c1cc(C(=O)NCc2ccc(Cl)cc2)ccc1Cl. The first kappa shape index (κ1) is 16.8. The molecule has 2 aromatic rings. The predicted molar refractivity (Wildman–Crippen MR) is 85.4 cm³/mol. The van der Waals surface area contributed by atoms with Crippen LogP contribution < -0.4 is 10.5 Å². The number of hydrogen-bond acceptors (Lipinski definition) is 3. The Kier molecular flexibility index (Phi) is 5.08. The van der Waals surface area contributed by atoms with E-state index in [1.807, 2.05) is 0 Å². The van der Waals surface area contributed by atoms with Crippen molar-refractivity contribution in [3.05, 3.63) is 63.6 Å². The van der Waals surface area contributed by atoms with Crippen molar-refractivity contribution in [2.45, 2.75) is 11.4 Å². The van der Waals surface area contributed by atoms with Crippen LogP contribution in [-0.2, 0) is 16.6 Å².